The standard InChI is InChI=1S/C26H29N3O2/c1-17-7-5-8-18(13-17)14-19-15-21-24(25-20(19)9-6-12-28(25)2)27-16-29(26(21)31)22-10-3-4-11-23(22)30/h5-9,13,15-16,22-23,30H,3-4,10-12,14H2,1-2H3/t22-,23-/m0/s1. The summed E-state index contributed by atoms with van der Waals surface area (Å²) in [4.78, 5) is 20.5. The number of hydrogen-bond acceptors (Lipinski definition) is 4. The van der Waals surface area contributed by atoms with Crippen molar-refractivity contribution in [2.75, 3.05) is 18.5 Å². The molecule has 1 N–H and O–H groups in total. The first-order valence-corrected chi connectivity index (χ1v) is 11.2. The third-order valence-electron chi connectivity index (χ3n) is 6.75. The number of aromatic nitrogens is 2. The molecule has 5 rings (SSSR count). The van der Waals surface area contributed by atoms with Crippen LogP contribution in [0.5, 0.6) is 0 Å². The molecule has 5 nitrogen and oxygen atoms in total. The van der Waals surface area contributed by atoms with Crippen LogP contribution in [0.15, 0.2) is 47.5 Å². The Balaban J connectivity index is 1.70. The molecule has 0 radical (unpaired) electrons. The molecule has 3 aromatic rings. The lowest BCUT2D eigenvalue weighted by Crippen LogP contribution is -2.35. The molecule has 160 valence electrons. The minimum atomic E-state index is -0.485. The Hall–Kier alpha value is -2.92. The van der Waals surface area contributed by atoms with E-state index in [4.69, 9.17) is 4.98 Å². The van der Waals surface area contributed by atoms with Gasteiger partial charge in [-0.25, -0.2) is 4.98 Å². The van der Waals surface area contributed by atoms with E-state index < -0.39 is 6.10 Å². The molecule has 0 amide bonds. The van der Waals surface area contributed by atoms with E-state index in [1.54, 1.807) is 10.9 Å². The quantitative estimate of drug-likeness (QED) is 0.695. The molecule has 1 fully saturated rings. The Labute approximate surface area is 182 Å². The Morgan fingerprint density at radius 3 is 2.84 bits per heavy atom. The van der Waals surface area contributed by atoms with Crippen LogP contribution in [-0.2, 0) is 6.42 Å². The van der Waals surface area contributed by atoms with Gasteiger partial charge in [-0.2, -0.15) is 0 Å². The lowest BCUT2D eigenvalue weighted by atomic mass is 9.91. The summed E-state index contributed by atoms with van der Waals surface area (Å²) < 4.78 is 1.67. The fourth-order valence-electron chi connectivity index (χ4n) is 5.17. The maximum Gasteiger partial charge on any atom is 0.261 e. The van der Waals surface area contributed by atoms with Gasteiger partial charge in [0.2, 0.25) is 0 Å². The molecule has 5 heteroatoms. The van der Waals surface area contributed by atoms with Gasteiger partial charge in [0.05, 0.1) is 29.5 Å². The Bertz CT molecular complexity index is 1230. The van der Waals surface area contributed by atoms with Crippen molar-refractivity contribution in [1.29, 1.82) is 0 Å². The molecular weight excluding hydrogens is 386 g/mol. The summed E-state index contributed by atoms with van der Waals surface area (Å²) in [5, 5.41) is 11.2. The van der Waals surface area contributed by atoms with Crippen molar-refractivity contribution in [3.63, 3.8) is 0 Å². The highest BCUT2D eigenvalue weighted by Gasteiger charge is 2.27. The van der Waals surface area contributed by atoms with E-state index in [0.29, 0.717) is 5.39 Å². The van der Waals surface area contributed by atoms with E-state index in [1.807, 2.05) is 6.07 Å². The third kappa shape index (κ3) is 3.57. The monoisotopic (exact) mass is 415 g/mol. The van der Waals surface area contributed by atoms with Crippen molar-refractivity contribution in [3.05, 3.63) is 75.3 Å². The Morgan fingerprint density at radius 2 is 2.03 bits per heavy atom. The fourth-order valence-corrected chi connectivity index (χ4v) is 5.17. The minimum Gasteiger partial charge on any atom is -0.391 e. The van der Waals surface area contributed by atoms with Crippen LogP contribution >= 0.6 is 0 Å². The van der Waals surface area contributed by atoms with Crippen LogP contribution in [0.1, 0.15) is 54.0 Å². The predicted octanol–water partition coefficient (Wildman–Crippen LogP) is 4.23. The molecule has 2 aromatic carbocycles. The smallest absolute Gasteiger partial charge is 0.261 e. The molecule has 31 heavy (non-hydrogen) atoms. The summed E-state index contributed by atoms with van der Waals surface area (Å²) in [7, 11) is 2.05. The zero-order valence-electron chi connectivity index (χ0n) is 18.2. The minimum absolute atomic E-state index is 0.0489. The summed E-state index contributed by atoms with van der Waals surface area (Å²) in [6, 6.07) is 10.4. The normalized spacial score (nSPS) is 20.8. The molecule has 0 bridgehead atoms. The zero-order chi connectivity index (χ0) is 21.5. The van der Waals surface area contributed by atoms with Gasteiger partial charge in [0.25, 0.3) is 5.56 Å². The molecule has 0 unspecified atom stereocenters. The average Bonchev–Trinajstić information content (AvgIpc) is 2.75. The van der Waals surface area contributed by atoms with Crippen LogP contribution in [0, 0.1) is 6.92 Å². The van der Waals surface area contributed by atoms with Crippen LogP contribution in [-0.4, -0.2) is 34.4 Å². The highest BCUT2D eigenvalue weighted by atomic mass is 16.3. The van der Waals surface area contributed by atoms with E-state index in [-0.39, 0.29) is 11.6 Å². The Kier molecular flexibility index (Phi) is 5.14. The number of aliphatic hydroxyl groups excluding tert-OH is 1. The second kappa shape index (κ2) is 7.97. The van der Waals surface area contributed by atoms with Crippen LogP contribution in [0.25, 0.3) is 17.0 Å². The Morgan fingerprint density at radius 1 is 1.19 bits per heavy atom. The first-order chi connectivity index (χ1) is 15.0. The first kappa shape index (κ1) is 20.0. The third-order valence-corrected chi connectivity index (χ3v) is 6.75. The van der Waals surface area contributed by atoms with Crippen LogP contribution < -0.4 is 10.5 Å². The lowest BCUT2D eigenvalue weighted by molar-refractivity contribution is 0.0735. The maximum absolute atomic E-state index is 13.6. The number of likely N-dealkylation sites (N-methyl/N-ethyl adjacent to an activating group) is 1. The molecule has 1 saturated carbocycles. The van der Waals surface area contributed by atoms with E-state index in [1.165, 1.54) is 11.1 Å². The molecule has 1 aliphatic carbocycles. The molecule has 2 heterocycles. The van der Waals surface area contributed by atoms with Crippen LogP contribution in [0.4, 0.5) is 5.69 Å². The molecule has 1 aliphatic heterocycles. The van der Waals surface area contributed by atoms with Gasteiger partial charge >= 0.3 is 0 Å². The molecule has 0 saturated heterocycles. The van der Waals surface area contributed by atoms with Gasteiger partial charge in [0.1, 0.15) is 5.52 Å². The lowest BCUT2D eigenvalue weighted by Gasteiger charge is -2.30. The van der Waals surface area contributed by atoms with Gasteiger partial charge in [0, 0.05) is 19.2 Å². The van der Waals surface area contributed by atoms with Crippen LogP contribution in [0.3, 0.4) is 0 Å². The second-order valence-corrected chi connectivity index (χ2v) is 9.02. The SMILES string of the molecule is Cc1cccc(Cc2cc3c(=O)n([C@H]4CCCC[C@@H]4O)cnc3c3c2C=CCN3C)c1. The number of fused-ring (bicyclic) bond motifs is 3. The van der Waals surface area contributed by atoms with E-state index in [0.717, 1.165) is 61.0 Å². The fraction of sp³-hybridized carbons (Fsp3) is 0.385. The molecule has 1 aromatic heterocycles. The van der Waals surface area contributed by atoms with Crippen molar-refractivity contribution in [3.8, 4) is 0 Å². The first-order valence-electron chi connectivity index (χ1n) is 11.2. The highest BCUT2D eigenvalue weighted by molar-refractivity contribution is 5.97. The van der Waals surface area contributed by atoms with Gasteiger partial charge in [-0.05, 0) is 43.4 Å². The van der Waals surface area contributed by atoms with Gasteiger partial charge in [-0.3, -0.25) is 9.36 Å². The summed E-state index contributed by atoms with van der Waals surface area (Å²) in [5.74, 6) is 0. The number of anilines is 1. The van der Waals surface area contributed by atoms with Crippen molar-refractivity contribution >= 4 is 22.7 Å². The molecule has 2 aliphatic rings. The van der Waals surface area contributed by atoms with Gasteiger partial charge < -0.3 is 10.0 Å². The van der Waals surface area contributed by atoms with Gasteiger partial charge in [-0.15, -0.1) is 0 Å². The van der Waals surface area contributed by atoms with E-state index in [9.17, 15) is 9.90 Å². The van der Waals surface area contributed by atoms with E-state index >= 15 is 0 Å². The summed E-state index contributed by atoms with van der Waals surface area (Å²) in [6.07, 6.45) is 9.85. The number of nitrogens with zero attached hydrogens (tertiary/aromatic N) is 3. The van der Waals surface area contributed by atoms with Crippen molar-refractivity contribution in [1.82, 2.24) is 9.55 Å². The van der Waals surface area contributed by atoms with Crippen molar-refractivity contribution in [2.24, 2.45) is 0 Å². The van der Waals surface area contributed by atoms with Crippen LogP contribution in [0.2, 0.25) is 0 Å². The summed E-state index contributed by atoms with van der Waals surface area (Å²) in [5.41, 5.74) is 6.47. The largest absolute Gasteiger partial charge is 0.391 e. The molecule has 2 atom stereocenters. The maximum atomic E-state index is 13.6. The molecule has 0 spiro atoms. The van der Waals surface area contributed by atoms with Gasteiger partial charge in [-0.1, -0.05) is 54.8 Å². The topological polar surface area (TPSA) is 58.4 Å². The average molecular weight is 416 g/mol. The number of hydrogen-bond donors (Lipinski definition) is 1. The predicted molar refractivity (Wildman–Crippen MR) is 126 cm³/mol. The van der Waals surface area contributed by atoms with E-state index in [2.05, 4.69) is 55.3 Å². The van der Waals surface area contributed by atoms with Gasteiger partial charge in [0.15, 0.2) is 0 Å². The number of benzene rings is 2. The van der Waals surface area contributed by atoms with Crippen molar-refractivity contribution in [2.45, 2.75) is 51.2 Å². The van der Waals surface area contributed by atoms with Crippen molar-refractivity contribution < 1.29 is 5.11 Å². The second-order valence-electron chi connectivity index (χ2n) is 9.02. The number of rotatable bonds is 3. The molecular formula is C26H29N3O2. The number of aryl methyl sites for hydroxylation is 1. The summed E-state index contributed by atoms with van der Waals surface area (Å²) in [6.45, 7) is 2.90. The summed E-state index contributed by atoms with van der Waals surface area (Å²) >= 11 is 0. The highest BCUT2D eigenvalue weighted by Crippen LogP contribution is 2.36. The number of aliphatic hydroxyl groups is 1. The zero-order valence-corrected chi connectivity index (χ0v) is 18.2.